The fourth-order valence-electron chi connectivity index (χ4n) is 5.42. The molecular formula is C36H30BrClN2O6S. The summed E-state index contributed by atoms with van der Waals surface area (Å²) in [4.78, 5) is 31.8. The summed E-state index contributed by atoms with van der Waals surface area (Å²) in [5, 5.41) is 2.68. The van der Waals surface area contributed by atoms with E-state index in [1.165, 1.54) is 29.2 Å². The summed E-state index contributed by atoms with van der Waals surface area (Å²) >= 11 is 11.5. The van der Waals surface area contributed by atoms with Crippen molar-refractivity contribution in [2.75, 3.05) is 20.3 Å². The van der Waals surface area contributed by atoms with Crippen LogP contribution in [0.5, 0.6) is 17.2 Å². The van der Waals surface area contributed by atoms with Crippen LogP contribution in [0.25, 0.3) is 16.8 Å². The summed E-state index contributed by atoms with van der Waals surface area (Å²) in [6.07, 6.45) is 3.20. The van der Waals surface area contributed by atoms with E-state index >= 15 is 0 Å². The lowest BCUT2D eigenvalue weighted by molar-refractivity contribution is -0.136. The van der Waals surface area contributed by atoms with Gasteiger partial charge in [-0.15, -0.1) is 0 Å². The van der Waals surface area contributed by atoms with Gasteiger partial charge in [0.25, 0.3) is 5.56 Å². The molecule has 0 radical (unpaired) electrons. The highest BCUT2D eigenvalue weighted by Gasteiger charge is 2.31. The Morgan fingerprint density at radius 1 is 0.979 bits per heavy atom. The molecule has 0 amide bonds. The molecule has 47 heavy (non-hydrogen) atoms. The highest BCUT2D eigenvalue weighted by molar-refractivity contribution is 9.10. The fourth-order valence-corrected chi connectivity index (χ4v) is 7.38. The molecule has 0 N–H and O–H groups in total. The molecule has 8 nitrogen and oxygen atoms in total. The number of hydrogen-bond acceptors (Lipinski definition) is 8. The lowest BCUT2D eigenvalue weighted by atomic mass is 9.97. The molecule has 240 valence electrons. The molecule has 5 aromatic rings. The quantitative estimate of drug-likeness (QED) is 0.144. The number of esters is 1. The number of nitrogens with zero attached hydrogens (tertiary/aromatic N) is 2. The SMILES string of the molecule is CCOc1ccc([C@H]2C(C(=O)OC)=CN=c3s/c(=C\c4cc(Cl)c(OCc5ccc6ccccc6c5)c(Br)c4)c(=O)n32)cc1OCC. The molecule has 1 aliphatic heterocycles. The number of methoxy groups -OCH3 is 1. The van der Waals surface area contributed by atoms with E-state index in [4.69, 9.17) is 30.5 Å². The Kier molecular flexibility index (Phi) is 9.81. The number of rotatable bonds is 10. The van der Waals surface area contributed by atoms with Crippen molar-refractivity contribution in [2.45, 2.75) is 26.5 Å². The van der Waals surface area contributed by atoms with E-state index in [1.807, 2.05) is 44.2 Å². The van der Waals surface area contributed by atoms with Gasteiger partial charge < -0.3 is 18.9 Å². The van der Waals surface area contributed by atoms with Gasteiger partial charge in [0.2, 0.25) is 0 Å². The van der Waals surface area contributed by atoms with Crippen LogP contribution in [0.2, 0.25) is 5.02 Å². The maximum absolute atomic E-state index is 14.0. The van der Waals surface area contributed by atoms with E-state index < -0.39 is 12.0 Å². The number of benzene rings is 4. The lowest BCUT2D eigenvalue weighted by Gasteiger charge is -2.23. The normalized spacial score (nSPS) is 14.3. The maximum Gasteiger partial charge on any atom is 0.337 e. The topological polar surface area (TPSA) is 88.4 Å². The van der Waals surface area contributed by atoms with Crippen molar-refractivity contribution in [3.05, 3.63) is 130 Å². The third-order valence-corrected chi connectivity index (χ3v) is 9.39. The molecule has 2 heterocycles. The number of thiazole rings is 1. The molecular weight excluding hydrogens is 704 g/mol. The fraction of sp³-hybridized carbons (Fsp3) is 0.194. The smallest absolute Gasteiger partial charge is 0.337 e. The van der Waals surface area contributed by atoms with Crippen molar-refractivity contribution in [1.82, 2.24) is 4.57 Å². The van der Waals surface area contributed by atoms with Crippen LogP contribution >= 0.6 is 38.9 Å². The van der Waals surface area contributed by atoms with Crippen LogP contribution < -0.4 is 29.1 Å². The number of aromatic nitrogens is 1. The molecule has 0 saturated carbocycles. The lowest BCUT2D eigenvalue weighted by Crippen LogP contribution is -2.39. The maximum atomic E-state index is 14.0. The summed E-state index contributed by atoms with van der Waals surface area (Å²) < 4.78 is 25.3. The van der Waals surface area contributed by atoms with Gasteiger partial charge in [-0.2, -0.15) is 0 Å². The Morgan fingerprint density at radius 2 is 1.74 bits per heavy atom. The number of fused-ring (bicyclic) bond motifs is 2. The summed E-state index contributed by atoms with van der Waals surface area (Å²) in [6.45, 7) is 4.97. The average molecular weight is 734 g/mol. The van der Waals surface area contributed by atoms with Gasteiger partial charge in [-0.25, -0.2) is 9.79 Å². The van der Waals surface area contributed by atoms with E-state index in [2.05, 4.69) is 45.2 Å². The van der Waals surface area contributed by atoms with Crippen LogP contribution in [-0.4, -0.2) is 30.9 Å². The average Bonchev–Trinajstić information content (AvgIpc) is 3.38. The molecule has 6 rings (SSSR count). The number of hydrogen-bond donors (Lipinski definition) is 0. The van der Waals surface area contributed by atoms with Crippen molar-refractivity contribution < 1.29 is 23.7 Å². The van der Waals surface area contributed by atoms with Gasteiger partial charge in [-0.05, 0) is 93.6 Å². The molecule has 0 spiro atoms. The van der Waals surface area contributed by atoms with Gasteiger partial charge in [-0.1, -0.05) is 65.4 Å². The highest BCUT2D eigenvalue weighted by Crippen LogP contribution is 2.37. The summed E-state index contributed by atoms with van der Waals surface area (Å²) in [7, 11) is 1.30. The standard InChI is InChI=1S/C36H30BrClN2O6S/c1-4-44-29-13-12-25(18-30(29)45-5-2)32-26(35(42)43-3)19-39-36-40(32)34(41)31(47-36)17-22-15-27(37)33(28(38)16-22)46-20-21-10-11-23-8-6-7-9-24(23)14-21/h6-19,32H,4-5,20H2,1-3H3/b31-17-/t32-/m0/s1. The van der Waals surface area contributed by atoms with E-state index in [0.29, 0.717) is 67.0 Å². The molecule has 4 aromatic carbocycles. The minimum absolute atomic E-state index is 0.219. The van der Waals surface area contributed by atoms with E-state index in [1.54, 1.807) is 24.3 Å². The van der Waals surface area contributed by atoms with Gasteiger partial charge >= 0.3 is 5.97 Å². The van der Waals surface area contributed by atoms with Crippen molar-refractivity contribution in [3.63, 3.8) is 0 Å². The number of ether oxygens (including phenoxy) is 4. The van der Waals surface area contributed by atoms with Gasteiger partial charge in [0.15, 0.2) is 22.0 Å². The van der Waals surface area contributed by atoms with Gasteiger partial charge in [0.05, 0.1) is 46.0 Å². The van der Waals surface area contributed by atoms with E-state index in [9.17, 15) is 9.59 Å². The van der Waals surface area contributed by atoms with Crippen LogP contribution in [0.15, 0.2) is 98.8 Å². The van der Waals surface area contributed by atoms with Crippen LogP contribution in [0.3, 0.4) is 0 Å². The van der Waals surface area contributed by atoms with Gasteiger partial charge in [0.1, 0.15) is 6.61 Å². The van der Waals surface area contributed by atoms with Crippen molar-refractivity contribution >= 4 is 61.7 Å². The van der Waals surface area contributed by atoms with Crippen molar-refractivity contribution in [2.24, 2.45) is 4.99 Å². The van der Waals surface area contributed by atoms with Gasteiger partial charge in [0, 0.05) is 6.20 Å². The Bertz CT molecular complexity index is 2190. The van der Waals surface area contributed by atoms with Crippen LogP contribution in [0.1, 0.15) is 36.6 Å². The van der Waals surface area contributed by atoms with Crippen molar-refractivity contribution in [3.8, 4) is 17.2 Å². The third-order valence-electron chi connectivity index (χ3n) is 7.52. The summed E-state index contributed by atoms with van der Waals surface area (Å²) in [5.41, 5.74) is 2.25. The van der Waals surface area contributed by atoms with E-state index in [0.717, 1.165) is 16.3 Å². The Balaban J connectivity index is 1.35. The number of carbonyl (C=O) groups excluding carboxylic acids is 1. The highest BCUT2D eigenvalue weighted by atomic mass is 79.9. The third kappa shape index (κ3) is 6.72. The van der Waals surface area contributed by atoms with E-state index in [-0.39, 0.29) is 11.1 Å². The molecule has 1 atom stereocenters. The summed E-state index contributed by atoms with van der Waals surface area (Å²) in [5.74, 6) is 0.996. The first-order valence-electron chi connectivity index (χ1n) is 14.9. The Hall–Kier alpha value is -4.38. The predicted octanol–water partition coefficient (Wildman–Crippen LogP) is 6.96. The van der Waals surface area contributed by atoms with Gasteiger partial charge in [-0.3, -0.25) is 9.36 Å². The molecule has 0 saturated heterocycles. The second-order valence-electron chi connectivity index (χ2n) is 10.5. The van der Waals surface area contributed by atoms with Crippen LogP contribution in [0, 0.1) is 0 Å². The molecule has 11 heteroatoms. The monoisotopic (exact) mass is 732 g/mol. The molecule has 0 unspecified atom stereocenters. The zero-order valence-electron chi connectivity index (χ0n) is 25.8. The zero-order valence-corrected chi connectivity index (χ0v) is 28.9. The zero-order chi connectivity index (χ0) is 33.1. The minimum Gasteiger partial charge on any atom is -0.490 e. The Labute approximate surface area is 288 Å². The largest absolute Gasteiger partial charge is 0.490 e. The number of halogens is 2. The minimum atomic E-state index is -0.795. The molecule has 1 aliphatic rings. The first kappa shape index (κ1) is 32.6. The second-order valence-corrected chi connectivity index (χ2v) is 12.8. The molecule has 0 aliphatic carbocycles. The number of carbonyl (C=O) groups is 1. The van der Waals surface area contributed by atoms with Crippen LogP contribution in [0.4, 0.5) is 0 Å². The summed E-state index contributed by atoms with van der Waals surface area (Å²) in [6, 6.07) is 22.5. The second kappa shape index (κ2) is 14.2. The molecule has 0 fully saturated rings. The molecule has 1 aromatic heterocycles. The predicted molar refractivity (Wildman–Crippen MR) is 187 cm³/mol. The van der Waals surface area contributed by atoms with Crippen LogP contribution in [-0.2, 0) is 16.1 Å². The first-order chi connectivity index (χ1) is 22.8. The molecule has 0 bridgehead atoms. The Morgan fingerprint density at radius 3 is 2.49 bits per heavy atom. The first-order valence-corrected chi connectivity index (χ1v) is 16.9. The van der Waals surface area contributed by atoms with Crippen molar-refractivity contribution in [1.29, 1.82) is 0 Å².